The van der Waals surface area contributed by atoms with Crippen LogP contribution < -0.4 is 4.90 Å². The molecule has 8 heteroatoms. The predicted molar refractivity (Wildman–Crippen MR) is 107 cm³/mol. The fourth-order valence-corrected chi connectivity index (χ4v) is 4.83. The predicted octanol–water partition coefficient (Wildman–Crippen LogP) is 1.99. The lowest BCUT2D eigenvalue weighted by atomic mass is 9.73. The van der Waals surface area contributed by atoms with Gasteiger partial charge in [-0.3, -0.25) is 14.3 Å². The average Bonchev–Trinajstić information content (AvgIpc) is 2.99. The third kappa shape index (κ3) is 3.14. The Hall–Kier alpha value is -2.64. The maximum Gasteiger partial charge on any atom is 0.228 e. The summed E-state index contributed by atoms with van der Waals surface area (Å²) in [5.41, 5.74) is 0.738. The van der Waals surface area contributed by atoms with Crippen molar-refractivity contribution in [1.82, 2.24) is 24.2 Å². The molecule has 4 heterocycles. The summed E-state index contributed by atoms with van der Waals surface area (Å²) >= 11 is 0. The lowest BCUT2D eigenvalue weighted by Crippen LogP contribution is -2.60. The van der Waals surface area contributed by atoms with Gasteiger partial charge in [-0.25, -0.2) is 4.98 Å². The maximum atomic E-state index is 13.4. The van der Waals surface area contributed by atoms with Gasteiger partial charge in [-0.05, 0) is 18.8 Å². The van der Waals surface area contributed by atoms with Crippen LogP contribution in [0.5, 0.6) is 0 Å². The number of carbonyl (C=O) groups is 2. The minimum absolute atomic E-state index is 0.0112. The van der Waals surface area contributed by atoms with Crippen LogP contribution >= 0.6 is 0 Å². The molecule has 8 nitrogen and oxygen atoms in total. The molecule has 0 aromatic carbocycles. The van der Waals surface area contributed by atoms with E-state index in [-0.39, 0.29) is 35.6 Å². The standard InChI is InChI=1S/C21H28N6O2/c1-21(2)13-27(18(21)19-22-6-7-25(19)10-14-4-5-14)20(29)15-8-17(28)26(11-15)16-9-23-24(3)12-16/h6-7,9,12,14-15,18H,4-5,8,10-11,13H2,1-3H3. The quantitative estimate of drug-likeness (QED) is 0.775. The van der Waals surface area contributed by atoms with Crippen molar-refractivity contribution in [3.63, 3.8) is 0 Å². The van der Waals surface area contributed by atoms with Crippen LogP contribution in [0.1, 0.15) is 45.0 Å². The molecule has 2 amide bonds. The fourth-order valence-electron chi connectivity index (χ4n) is 4.83. The zero-order valence-electron chi connectivity index (χ0n) is 17.3. The number of amides is 2. The largest absolute Gasteiger partial charge is 0.333 e. The highest BCUT2D eigenvalue weighted by Crippen LogP contribution is 2.49. The Morgan fingerprint density at radius 3 is 2.76 bits per heavy atom. The van der Waals surface area contributed by atoms with E-state index in [4.69, 9.17) is 0 Å². The number of hydrogen-bond donors (Lipinski definition) is 0. The molecule has 0 N–H and O–H groups in total. The average molecular weight is 396 g/mol. The third-order valence-electron chi connectivity index (χ3n) is 6.53. The molecule has 0 radical (unpaired) electrons. The summed E-state index contributed by atoms with van der Waals surface area (Å²) in [6.45, 7) is 6.49. The highest BCUT2D eigenvalue weighted by atomic mass is 16.2. The monoisotopic (exact) mass is 396 g/mol. The molecule has 2 aliphatic heterocycles. The van der Waals surface area contributed by atoms with Gasteiger partial charge in [0.25, 0.3) is 0 Å². The van der Waals surface area contributed by atoms with Crippen molar-refractivity contribution in [2.45, 2.75) is 45.7 Å². The Morgan fingerprint density at radius 1 is 1.31 bits per heavy atom. The van der Waals surface area contributed by atoms with Crippen molar-refractivity contribution < 1.29 is 9.59 Å². The van der Waals surface area contributed by atoms with Gasteiger partial charge in [-0.1, -0.05) is 13.8 Å². The second-order valence-corrected chi connectivity index (χ2v) is 9.52. The van der Waals surface area contributed by atoms with Crippen molar-refractivity contribution in [2.75, 3.05) is 18.0 Å². The highest BCUT2D eigenvalue weighted by Gasteiger charge is 2.53. The molecular weight excluding hydrogens is 368 g/mol. The van der Waals surface area contributed by atoms with Gasteiger partial charge in [0.2, 0.25) is 11.8 Å². The van der Waals surface area contributed by atoms with Crippen LogP contribution in [0.4, 0.5) is 5.69 Å². The Morgan fingerprint density at radius 2 is 2.10 bits per heavy atom. The van der Waals surface area contributed by atoms with Gasteiger partial charge < -0.3 is 14.4 Å². The number of aromatic nitrogens is 4. The molecule has 1 saturated carbocycles. The molecule has 29 heavy (non-hydrogen) atoms. The molecule has 3 aliphatic rings. The lowest BCUT2D eigenvalue weighted by molar-refractivity contribution is -0.157. The van der Waals surface area contributed by atoms with Crippen LogP contribution in [0.2, 0.25) is 0 Å². The highest BCUT2D eigenvalue weighted by molar-refractivity contribution is 6.00. The zero-order chi connectivity index (χ0) is 20.3. The molecule has 0 bridgehead atoms. The first-order valence-corrected chi connectivity index (χ1v) is 10.4. The number of imidazole rings is 1. The van der Waals surface area contributed by atoms with Gasteiger partial charge in [0, 0.05) is 57.1 Å². The second-order valence-electron chi connectivity index (χ2n) is 9.52. The number of nitrogens with zero attached hydrogens (tertiary/aromatic N) is 6. The number of rotatable bonds is 5. The molecule has 2 saturated heterocycles. The van der Waals surface area contributed by atoms with Gasteiger partial charge >= 0.3 is 0 Å². The van der Waals surface area contributed by atoms with Crippen LogP contribution in [0.25, 0.3) is 0 Å². The molecule has 2 aromatic heterocycles. The summed E-state index contributed by atoms with van der Waals surface area (Å²) in [5, 5.41) is 4.15. The van der Waals surface area contributed by atoms with Crippen LogP contribution in [0.15, 0.2) is 24.8 Å². The molecular formula is C21H28N6O2. The van der Waals surface area contributed by atoms with Crippen molar-refractivity contribution in [2.24, 2.45) is 24.3 Å². The van der Waals surface area contributed by atoms with Crippen LogP contribution in [0.3, 0.4) is 0 Å². The van der Waals surface area contributed by atoms with Crippen LogP contribution in [-0.4, -0.2) is 49.1 Å². The van der Waals surface area contributed by atoms with E-state index < -0.39 is 0 Å². The van der Waals surface area contributed by atoms with Crippen molar-refractivity contribution >= 4 is 17.5 Å². The van der Waals surface area contributed by atoms with Gasteiger partial charge in [-0.2, -0.15) is 5.10 Å². The van der Waals surface area contributed by atoms with Gasteiger partial charge in [0.1, 0.15) is 5.82 Å². The third-order valence-corrected chi connectivity index (χ3v) is 6.53. The van der Waals surface area contributed by atoms with Gasteiger partial charge in [0.15, 0.2) is 0 Å². The van der Waals surface area contributed by atoms with Gasteiger partial charge in [-0.15, -0.1) is 0 Å². The summed E-state index contributed by atoms with van der Waals surface area (Å²) < 4.78 is 3.90. The fraction of sp³-hybridized carbons (Fsp3) is 0.619. The van der Waals surface area contributed by atoms with E-state index in [1.807, 2.05) is 30.5 Å². The normalized spacial score (nSPS) is 26.1. The molecule has 2 unspecified atom stereocenters. The number of hydrogen-bond acceptors (Lipinski definition) is 4. The Balaban J connectivity index is 1.34. The van der Waals surface area contributed by atoms with Crippen molar-refractivity contribution in [1.29, 1.82) is 0 Å². The van der Waals surface area contributed by atoms with E-state index in [9.17, 15) is 9.59 Å². The van der Waals surface area contributed by atoms with Crippen molar-refractivity contribution in [3.8, 4) is 0 Å². The van der Waals surface area contributed by atoms with E-state index in [0.717, 1.165) is 24.0 Å². The van der Waals surface area contributed by atoms with Crippen molar-refractivity contribution in [3.05, 3.63) is 30.6 Å². The minimum atomic E-state index is -0.312. The summed E-state index contributed by atoms with van der Waals surface area (Å²) in [6.07, 6.45) is 10.2. The van der Waals surface area contributed by atoms with E-state index in [0.29, 0.717) is 13.1 Å². The van der Waals surface area contributed by atoms with Crippen LogP contribution in [0, 0.1) is 17.3 Å². The Labute approximate surface area is 170 Å². The number of anilines is 1. The maximum absolute atomic E-state index is 13.4. The lowest BCUT2D eigenvalue weighted by Gasteiger charge is -2.54. The van der Waals surface area contributed by atoms with E-state index in [2.05, 4.69) is 28.5 Å². The summed E-state index contributed by atoms with van der Waals surface area (Å²) in [4.78, 5) is 34.2. The molecule has 154 valence electrons. The second kappa shape index (κ2) is 6.43. The molecule has 5 rings (SSSR count). The first-order chi connectivity index (χ1) is 13.8. The first kappa shape index (κ1) is 18.4. The number of likely N-dealkylation sites (tertiary alicyclic amines) is 1. The number of carbonyl (C=O) groups excluding carboxylic acids is 2. The SMILES string of the molecule is Cn1cc(N2CC(C(=O)N3CC(C)(C)C3c3nccn3CC3CC3)CC2=O)cn1. The van der Waals surface area contributed by atoms with Crippen LogP contribution in [-0.2, 0) is 23.2 Å². The van der Waals surface area contributed by atoms with E-state index in [1.54, 1.807) is 15.8 Å². The summed E-state index contributed by atoms with van der Waals surface area (Å²) in [7, 11) is 1.82. The minimum Gasteiger partial charge on any atom is -0.333 e. The molecule has 2 aromatic rings. The molecule has 3 fully saturated rings. The van der Waals surface area contributed by atoms with E-state index in [1.165, 1.54) is 12.8 Å². The molecule has 2 atom stereocenters. The topological polar surface area (TPSA) is 76.3 Å². The Kier molecular flexibility index (Phi) is 4.08. The first-order valence-electron chi connectivity index (χ1n) is 10.4. The Bertz CT molecular complexity index is 956. The summed E-state index contributed by atoms with van der Waals surface area (Å²) in [5.74, 6) is 1.47. The summed E-state index contributed by atoms with van der Waals surface area (Å²) in [6, 6.07) is -0.0358. The molecule has 1 aliphatic carbocycles. The molecule has 0 spiro atoms. The number of aryl methyl sites for hydroxylation is 1. The smallest absolute Gasteiger partial charge is 0.228 e. The zero-order valence-corrected chi connectivity index (χ0v) is 17.3. The van der Waals surface area contributed by atoms with Gasteiger partial charge in [0.05, 0.1) is 23.8 Å². The van der Waals surface area contributed by atoms with E-state index >= 15 is 0 Å².